The first kappa shape index (κ1) is 12.2. The standard InChI is InChI=1S/C16H21N3O/c1-2-6-13(5-1)18-9-11-19(12-10-18)16-17-14-7-3-4-8-15(14)20-16/h3-4,7-8,13H,1-2,5-6,9-12H2. The third-order valence-corrected chi connectivity index (χ3v) is 4.71. The fourth-order valence-corrected chi connectivity index (χ4v) is 3.54. The van der Waals surface area contributed by atoms with E-state index in [2.05, 4.69) is 14.8 Å². The lowest BCUT2D eigenvalue weighted by molar-refractivity contribution is 0.185. The summed E-state index contributed by atoms with van der Waals surface area (Å²) < 4.78 is 5.86. The van der Waals surface area contributed by atoms with E-state index in [9.17, 15) is 0 Å². The van der Waals surface area contributed by atoms with Gasteiger partial charge in [-0.3, -0.25) is 4.90 Å². The van der Waals surface area contributed by atoms with Crippen LogP contribution in [0.3, 0.4) is 0 Å². The van der Waals surface area contributed by atoms with Gasteiger partial charge in [0.05, 0.1) is 0 Å². The molecule has 4 heteroatoms. The van der Waals surface area contributed by atoms with Crippen LogP contribution < -0.4 is 4.90 Å². The molecule has 0 unspecified atom stereocenters. The first-order valence-corrected chi connectivity index (χ1v) is 7.75. The van der Waals surface area contributed by atoms with Crippen LogP contribution in [0.2, 0.25) is 0 Å². The number of aromatic nitrogens is 1. The van der Waals surface area contributed by atoms with Crippen molar-refractivity contribution in [2.45, 2.75) is 31.7 Å². The first-order valence-electron chi connectivity index (χ1n) is 7.75. The lowest BCUT2D eigenvalue weighted by Crippen LogP contribution is -2.49. The molecule has 1 aromatic heterocycles. The summed E-state index contributed by atoms with van der Waals surface area (Å²) in [5.74, 6) is 0. The predicted octanol–water partition coefficient (Wildman–Crippen LogP) is 2.89. The highest BCUT2D eigenvalue weighted by Gasteiger charge is 2.27. The SMILES string of the molecule is c1ccc2oc(N3CCN(C4CCCC4)CC3)nc2c1. The molecule has 1 aromatic carbocycles. The Morgan fingerprint density at radius 1 is 1.00 bits per heavy atom. The van der Waals surface area contributed by atoms with Gasteiger partial charge in [0, 0.05) is 32.2 Å². The number of benzene rings is 1. The van der Waals surface area contributed by atoms with Crippen molar-refractivity contribution < 1.29 is 4.42 Å². The maximum Gasteiger partial charge on any atom is 0.298 e. The number of nitrogens with zero attached hydrogens (tertiary/aromatic N) is 3. The Hall–Kier alpha value is -1.55. The minimum atomic E-state index is 0.789. The normalized spacial score (nSPS) is 21.9. The number of hydrogen-bond acceptors (Lipinski definition) is 4. The van der Waals surface area contributed by atoms with Crippen molar-refractivity contribution in [2.75, 3.05) is 31.1 Å². The zero-order valence-corrected chi connectivity index (χ0v) is 11.8. The lowest BCUT2D eigenvalue weighted by atomic mass is 10.2. The summed E-state index contributed by atoms with van der Waals surface area (Å²) in [4.78, 5) is 9.54. The Labute approximate surface area is 119 Å². The van der Waals surface area contributed by atoms with E-state index in [1.165, 1.54) is 25.7 Å². The summed E-state index contributed by atoms with van der Waals surface area (Å²) in [6.07, 6.45) is 5.61. The Bertz CT molecular complexity index is 547. The monoisotopic (exact) mass is 271 g/mol. The quantitative estimate of drug-likeness (QED) is 0.840. The molecule has 1 aliphatic heterocycles. The molecule has 1 aliphatic carbocycles. The molecule has 4 nitrogen and oxygen atoms in total. The van der Waals surface area contributed by atoms with E-state index in [1.807, 2.05) is 24.3 Å². The number of para-hydroxylation sites is 2. The number of oxazole rings is 1. The molecule has 1 saturated heterocycles. The highest BCUT2D eigenvalue weighted by molar-refractivity contribution is 5.74. The highest BCUT2D eigenvalue weighted by Crippen LogP contribution is 2.26. The fraction of sp³-hybridized carbons (Fsp3) is 0.562. The second kappa shape index (κ2) is 5.09. The van der Waals surface area contributed by atoms with Gasteiger partial charge in [0.25, 0.3) is 6.01 Å². The van der Waals surface area contributed by atoms with Gasteiger partial charge in [-0.15, -0.1) is 0 Å². The summed E-state index contributed by atoms with van der Waals surface area (Å²) in [5, 5.41) is 0. The summed E-state index contributed by atoms with van der Waals surface area (Å²) in [6, 6.07) is 9.62. The van der Waals surface area contributed by atoms with Gasteiger partial charge in [-0.1, -0.05) is 25.0 Å². The van der Waals surface area contributed by atoms with Gasteiger partial charge in [0.2, 0.25) is 0 Å². The van der Waals surface area contributed by atoms with Crippen molar-refractivity contribution in [3.8, 4) is 0 Å². The van der Waals surface area contributed by atoms with Crippen LogP contribution in [0, 0.1) is 0 Å². The molecule has 4 rings (SSSR count). The average Bonchev–Trinajstić information content (AvgIpc) is 3.17. The van der Waals surface area contributed by atoms with Crippen LogP contribution in [0.1, 0.15) is 25.7 Å². The highest BCUT2D eigenvalue weighted by atomic mass is 16.4. The molecular formula is C16H21N3O. The Balaban J connectivity index is 1.45. The third kappa shape index (κ3) is 2.18. The van der Waals surface area contributed by atoms with Crippen LogP contribution in [0.15, 0.2) is 28.7 Å². The molecule has 0 radical (unpaired) electrons. The maximum absolute atomic E-state index is 5.86. The van der Waals surface area contributed by atoms with Gasteiger partial charge in [0.1, 0.15) is 5.52 Å². The van der Waals surface area contributed by atoms with Crippen molar-refractivity contribution in [1.29, 1.82) is 0 Å². The molecule has 2 aromatic rings. The molecule has 0 amide bonds. The van der Waals surface area contributed by atoms with E-state index in [0.29, 0.717) is 0 Å². The molecular weight excluding hydrogens is 250 g/mol. The number of fused-ring (bicyclic) bond motifs is 1. The van der Waals surface area contributed by atoms with Crippen molar-refractivity contribution in [2.24, 2.45) is 0 Å². The van der Waals surface area contributed by atoms with E-state index >= 15 is 0 Å². The Morgan fingerprint density at radius 2 is 1.75 bits per heavy atom. The van der Waals surface area contributed by atoms with Gasteiger partial charge in [-0.2, -0.15) is 4.98 Å². The number of piperazine rings is 1. The number of rotatable bonds is 2. The second-order valence-corrected chi connectivity index (χ2v) is 5.93. The topological polar surface area (TPSA) is 32.5 Å². The van der Waals surface area contributed by atoms with Gasteiger partial charge in [-0.05, 0) is 25.0 Å². The average molecular weight is 271 g/mol. The molecule has 0 bridgehead atoms. The predicted molar refractivity (Wildman–Crippen MR) is 80.1 cm³/mol. The van der Waals surface area contributed by atoms with E-state index in [4.69, 9.17) is 4.42 Å². The number of hydrogen-bond donors (Lipinski definition) is 0. The van der Waals surface area contributed by atoms with Crippen molar-refractivity contribution in [3.63, 3.8) is 0 Å². The van der Waals surface area contributed by atoms with Gasteiger partial charge in [-0.25, -0.2) is 0 Å². The van der Waals surface area contributed by atoms with E-state index in [1.54, 1.807) is 0 Å². The zero-order chi connectivity index (χ0) is 13.4. The van der Waals surface area contributed by atoms with Crippen LogP contribution in [-0.2, 0) is 0 Å². The van der Waals surface area contributed by atoms with Crippen molar-refractivity contribution in [1.82, 2.24) is 9.88 Å². The molecule has 20 heavy (non-hydrogen) atoms. The molecule has 2 aliphatic rings. The molecule has 0 spiro atoms. The first-order chi connectivity index (χ1) is 9.90. The molecule has 106 valence electrons. The molecule has 1 saturated carbocycles. The van der Waals surface area contributed by atoms with Crippen molar-refractivity contribution >= 4 is 17.1 Å². The van der Waals surface area contributed by atoms with Gasteiger partial charge in [0.15, 0.2) is 5.58 Å². The molecule has 0 N–H and O–H groups in total. The van der Waals surface area contributed by atoms with Crippen molar-refractivity contribution in [3.05, 3.63) is 24.3 Å². The Kier molecular flexibility index (Phi) is 3.11. The molecule has 2 fully saturated rings. The van der Waals surface area contributed by atoms with E-state index < -0.39 is 0 Å². The third-order valence-electron chi connectivity index (χ3n) is 4.71. The minimum Gasteiger partial charge on any atom is -0.423 e. The Morgan fingerprint density at radius 3 is 2.50 bits per heavy atom. The van der Waals surface area contributed by atoms with Gasteiger partial charge < -0.3 is 9.32 Å². The maximum atomic E-state index is 5.86. The van der Waals surface area contributed by atoms with Crippen LogP contribution in [-0.4, -0.2) is 42.1 Å². The number of anilines is 1. The molecule has 0 atom stereocenters. The van der Waals surface area contributed by atoms with Crippen LogP contribution in [0.5, 0.6) is 0 Å². The van der Waals surface area contributed by atoms with Crippen LogP contribution in [0.4, 0.5) is 6.01 Å². The summed E-state index contributed by atoms with van der Waals surface area (Å²) >= 11 is 0. The zero-order valence-electron chi connectivity index (χ0n) is 11.8. The fourth-order valence-electron chi connectivity index (χ4n) is 3.54. The summed E-state index contributed by atoms with van der Waals surface area (Å²) in [7, 11) is 0. The summed E-state index contributed by atoms with van der Waals surface area (Å²) in [6.45, 7) is 4.35. The summed E-state index contributed by atoms with van der Waals surface area (Å²) in [5.41, 5.74) is 1.85. The van der Waals surface area contributed by atoms with Gasteiger partial charge >= 0.3 is 0 Å². The minimum absolute atomic E-state index is 0.789. The lowest BCUT2D eigenvalue weighted by Gasteiger charge is -2.37. The van der Waals surface area contributed by atoms with E-state index in [0.717, 1.165) is 49.3 Å². The molecule has 2 heterocycles. The largest absolute Gasteiger partial charge is 0.423 e. The smallest absolute Gasteiger partial charge is 0.298 e. The second-order valence-electron chi connectivity index (χ2n) is 5.93. The van der Waals surface area contributed by atoms with Crippen LogP contribution >= 0.6 is 0 Å². The van der Waals surface area contributed by atoms with Crippen LogP contribution in [0.25, 0.3) is 11.1 Å². The van der Waals surface area contributed by atoms with E-state index in [-0.39, 0.29) is 0 Å².